The van der Waals surface area contributed by atoms with Gasteiger partial charge in [-0.3, -0.25) is 4.98 Å². The van der Waals surface area contributed by atoms with Gasteiger partial charge in [0.05, 0.1) is 0 Å². The molecule has 1 N–H and O–H groups in total. The van der Waals surface area contributed by atoms with Gasteiger partial charge >= 0.3 is 0 Å². The molecule has 1 unspecified atom stereocenters. The Labute approximate surface area is 121 Å². The smallest absolute Gasteiger partial charge is 0.127 e. The maximum Gasteiger partial charge on any atom is 0.127 e. The predicted molar refractivity (Wildman–Crippen MR) is 81.7 cm³/mol. The van der Waals surface area contributed by atoms with E-state index in [0.717, 1.165) is 30.8 Å². The molecule has 2 rings (SSSR count). The third-order valence-electron chi connectivity index (χ3n) is 3.17. The van der Waals surface area contributed by atoms with Crippen molar-refractivity contribution in [1.29, 1.82) is 0 Å². The number of benzene rings is 1. The molecule has 0 saturated carbocycles. The maximum atomic E-state index is 6.08. The van der Waals surface area contributed by atoms with Crippen LogP contribution in [0.25, 0.3) is 0 Å². The molecule has 3 heteroatoms. The lowest BCUT2D eigenvalue weighted by Gasteiger charge is -2.17. The van der Waals surface area contributed by atoms with E-state index in [2.05, 4.69) is 36.3 Å². The zero-order valence-electron chi connectivity index (χ0n) is 12.2. The standard InChI is InChI=1S/C17H22N2O/c1-3-10-18-12-16-13-19-11-9-17(16)20-14(2)15-7-5-4-6-8-15/h4-9,11,13-14,18H,3,10,12H2,1-2H3. The molecule has 0 spiro atoms. The fraction of sp³-hybridized carbons (Fsp3) is 0.353. The lowest BCUT2D eigenvalue weighted by atomic mass is 10.1. The van der Waals surface area contributed by atoms with E-state index in [1.165, 1.54) is 5.56 Å². The lowest BCUT2D eigenvalue weighted by Crippen LogP contribution is -2.15. The minimum Gasteiger partial charge on any atom is -0.486 e. The van der Waals surface area contributed by atoms with E-state index in [1.807, 2.05) is 30.5 Å². The number of rotatable bonds is 7. The van der Waals surface area contributed by atoms with Crippen molar-refractivity contribution < 1.29 is 4.74 Å². The lowest BCUT2D eigenvalue weighted by molar-refractivity contribution is 0.224. The number of hydrogen-bond acceptors (Lipinski definition) is 3. The summed E-state index contributed by atoms with van der Waals surface area (Å²) >= 11 is 0. The first kappa shape index (κ1) is 14.5. The van der Waals surface area contributed by atoms with E-state index < -0.39 is 0 Å². The van der Waals surface area contributed by atoms with E-state index in [-0.39, 0.29) is 6.10 Å². The van der Waals surface area contributed by atoms with Crippen LogP contribution in [-0.4, -0.2) is 11.5 Å². The summed E-state index contributed by atoms with van der Waals surface area (Å²) in [6.07, 6.45) is 4.80. The SMILES string of the molecule is CCCNCc1cnccc1OC(C)c1ccccc1. The summed E-state index contributed by atoms with van der Waals surface area (Å²) in [6, 6.07) is 12.2. The summed E-state index contributed by atoms with van der Waals surface area (Å²) < 4.78 is 6.08. The fourth-order valence-corrected chi connectivity index (χ4v) is 2.04. The molecular weight excluding hydrogens is 248 g/mol. The van der Waals surface area contributed by atoms with Crippen LogP contribution >= 0.6 is 0 Å². The molecule has 3 nitrogen and oxygen atoms in total. The van der Waals surface area contributed by atoms with Crippen LogP contribution in [0.2, 0.25) is 0 Å². The van der Waals surface area contributed by atoms with Gasteiger partial charge < -0.3 is 10.1 Å². The van der Waals surface area contributed by atoms with E-state index in [9.17, 15) is 0 Å². The monoisotopic (exact) mass is 270 g/mol. The molecule has 0 fully saturated rings. The Kier molecular flexibility index (Phi) is 5.56. The van der Waals surface area contributed by atoms with Gasteiger partial charge in [-0.05, 0) is 31.5 Å². The molecule has 2 aromatic rings. The van der Waals surface area contributed by atoms with Crippen LogP contribution in [0.3, 0.4) is 0 Å². The highest BCUT2D eigenvalue weighted by Crippen LogP contribution is 2.24. The van der Waals surface area contributed by atoms with Crippen LogP contribution < -0.4 is 10.1 Å². The number of nitrogens with zero attached hydrogens (tertiary/aromatic N) is 1. The third kappa shape index (κ3) is 4.07. The van der Waals surface area contributed by atoms with Crippen molar-refractivity contribution in [1.82, 2.24) is 10.3 Å². The van der Waals surface area contributed by atoms with Crippen molar-refractivity contribution in [3.63, 3.8) is 0 Å². The molecule has 0 aliphatic heterocycles. The quantitative estimate of drug-likeness (QED) is 0.779. The summed E-state index contributed by atoms with van der Waals surface area (Å²) in [6.45, 7) is 6.02. The summed E-state index contributed by atoms with van der Waals surface area (Å²) in [5, 5.41) is 3.38. The van der Waals surface area contributed by atoms with Crippen LogP contribution in [0.15, 0.2) is 48.8 Å². The minimum atomic E-state index is 0.0310. The molecule has 0 amide bonds. The molecule has 1 heterocycles. The van der Waals surface area contributed by atoms with Gasteiger partial charge in [0.25, 0.3) is 0 Å². The molecule has 1 aromatic carbocycles. The highest BCUT2D eigenvalue weighted by molar-refractivity contribution is 5.31. The van der Waals surface area contributed by atoms with Crippen LogP contribution in [0.1, 0.15) is 37.5 Å². The molecule has 0 aliphatic rings. The van der Waals surface area contributed by atoms with Gasteiger partial charge in [-0.25, -0.2) is 0 Å². The zero-order valence-corrected chi connectivity index (χ0v) is 12.2. The van der Waals surface area contributed by atoms with Gasteiger partial charge in [-0.15, -0.1) is 0 Å². The second kappa shape index (κ2) is 7.65. The molecule has 0 radical (unpaired) electrons. The fourth-order valence-electron chi connectivity index (χ4n) is 2.04. The first-order valence-electron chi connectivity index (χ1n) is 7.16. The van der Waals surface area contributed by atoms with Gasteiger partial charge in [-0.2, -0.15) is 0 Å². The average molecular weight is 270 g/mol. The molecule has 20 heavy (non-hydrogen) atoms. The predicted octanol–water partition coefficient (Wildman–Crippen LogP) is 3.72. The van der Waals surface area contributed by atoms with Gasteiger partial charge in [0.15, 0.2) is 0 Å². The number of nitrogens with one attached hydrogen (secondary N) is 1. The number of ether oxygens (including phenoxy) is 1. The van der Waals surface area contributed by atoms with E-state index >= 15 is 0 Å². The Bertz CT molecular complexity index is 513. The van der Waals surface area contributed by atoms with Crippen LogP contribution in [-0.2, 0) is 6.54 Å². The third-order valence-corrected chi connectivity index (χ3v) is 3.17. The topological polar surface area (TPSA) is 34.2 Å². The van der Waals surface area contributed by atoms with Gasteiger partial charge in [-0.1, -0.05) is 37.3 Å². The molecule has 0 saturated heterocycles. The van der Waals surface area contributed by atoms with Crippen LogP contribution in [0.4, 0.5) is 0 Å². The number of aromatic nitrogens is 1. The van der Waals surface area contributed by atoms with Crippen molar-refractivity contribution in [2.24, 2.45) is 0 Å². The van der Waals surface area contributed by atoms with E-state index in [1.54, 1.807) is 6.20 Å². The van der Waals surface area contributed by atoms with Gasteiger partial charge in [0.2, 0.25) is 0 Å². The largest absolute Gasteiger partial charge is 0.486 e. The second-order valence-corrected chi connectivity index (χ2v) is 4.83. The molecule has 0 aliphatic carbocycles. The highest BCUT2D eigenvalue weighted by atomic mass is 16.5. The molecule has 1 atom stereocenters. The Morgan fingerprint density at radius 1 is 1.20 bits per heavy atom. The molecule has 1 aromatic heterocycles. The second-order valence-electron chi connectivity index (χ2n) is 4.83. The summed E-state index contributed by atoms with van der Waals surface area (Å²) in [5.74, 6) is 0.903. The highest BCUT2D eigenvalue weighted by Gasteiger charge is 2.10. The van der Waals surface area contributed by atoms with Crippen LogP contribution in [0, 0.1) is 0 Å². The Balaban J connectivity index is 2.05. The van der Waals surface area contributed by atoms with Crippen molar-refractivity contribution >= 4 is 0 Å². The van der Waals surface area contributed by atoms with Gasteiger partial charge in [0, 0.05) is 24.5 Å². The van der Waals surface area contributed by atoms with E-state index in [0.29, 0.717) is 0 Å². The summed E-state index contributed by atoms with van der Waals surface area (Å²) in [5.41, 5.74) is 2.28. The Morgan fingerprint density at radius 2 is 2.00 bits per heavy atom. The summed E-state index contributed by atoms with van der Waals surface area (Å²) in [4.78, 5) is 4.18. The first-order valence-corrected chi connectivity index (χ1v) is 7.16. The van der Waals surface area contributed by atoms with Crippen molar-refractivity contribution in [3.05, 3.63) is 59.9 Å². The normalized spacial score (nSPS) is 12.1. The molecule has 0 bridgehead atoms. The van der Waals surface area contributed by atoms with Crippen LogP contribution in [0.5, 0.6) is 5.75 Å². The van der Waals surface area contributed by atoms with Gasteiger partial charge in [0.1, 0.15) is 11.9 Å². The van der Waals surface area contributed by atoms with Crippen molar-refractivity contribution in [3.8, 4) is 5.75 Å². The zero-order chi connectivity index (χ0) is 14.2. The molecule has 106 valence electrons. The molecular formula is C17H22N2O. The van der Waals surface area contributed by atoms with E-state index in [4.69, 9.17) is 4.74 Å². The minimum absolute atomic E-state index is 0.0310. The van der Waals surface area contributed by atoms with Crippen molar-refractivity contribution in [2.45, 2.75) is 32.9 Å². The Morgan fingerprint density at radius 3 is 2.75 bits per heavy atom. The van der Waals surface area contributed by atoms with Crippen molar-refractivity contribution in [2.75, 3.05) is 6.54 Å². The maximum absolute atomic E-state index is 6.08. The number of pyridine rings is 1. The summed E-state index contributed by atoms with van der Waals surface area (Å²) in [7, 11) is 0. The Hall–Kier alpha value is -1.87. The first-order chi connectivity index (χ1) is 9.81. The average Bonchev–Trinajstić information content (AvgIpc) is 2.50. The number of hydrogen-bond donors (Lipinski definition) is 1.